The van der Waals surface area contributed by atoms with Crippen LogP contribution in [0.2, 0.25) is 0 Å². The summed E-state index contributed by atoms with van der Waals surface area (Å²) in [5.41, 5.74) is 0.651. The van der Waals surface area contributed by atoms with Crippen LogP contribution in [0.25, 0.3) is 11.5 Å². The predicted octanol–water partition coefficient (Wildman–Crippen LogP) is 4.35. The molecule has 0 radical (unpaired) electrons. The van der Waals surface area contributed by atoms with Gasteiger partial charge in [0.1, 0.15) is 19.0 Å². The smallest absolute Gasteiger partial charge is 0.236 e. The second-order valence-corrected chi connectivity index (χ2v) is 10.8. The van der Waals surface area contributed by atoms with Gasteiger partial charge >= 0.3 is 0 Å². The Balaban J connectivity index is 1.56. The highest BCUT2D eigenvalue weighted by atomic mass is 32.2. The molecule has 2 unspecified atom stereocenters. The van der Waals surface area contributed by atoms with E-state index in [0.717, 1.165) is 12.2 Å². The van der Waals surface area contributed by atoms with E-state index in [1.54, 1.807) is 6.07 Å². The van der Waals surface area contributed by atoms with E-state index in [0.29, 0.717) is 50.0 Å². The number of ether oxygens (including phenoxy) is 4. The SMILES string of the molecule is CCCOc1ccc(-c2nc(S(=O)(=O)c3ccc4c(c3)OCCO4)c(N3CC(C)OC(C)C3)o2)cc1. The van der Waals surface area contributed by atoms with Crippen LogP contribution >= 0.6 is 0 Å². The Morgan fingerprint density at radius 2 is 1.69 bits per heavy atom. The first kappa shape index (κ1) is 24.5. The maximum atomic E-state index is 13.9. The molecule has 36 heavy (non-hydrogen) atoms. The van der Waals surface area contributed by atoms with Crippen LogP contribution in [-0.4, -0.2) is 58.5 Å². The molecule has 5 rings (SSSR count). The van der Waals surface area contributed by atoms with E-state index in [-0.39, 0.29) is 33.9 Å². The summed E-state index contributed by atoms with van der Waals surface area (Å²) >= 11 is 0. The van der Waals surface area contributed by atoms with Crippen molar-refractivity contribution in [2.45, 2.75) is 49.3 Å². The van der Waals surface area contributed by atoms with Crippen LogP contribution < -0.4 is 19.1 Å². The highest BCUT2D eigenvalue weighted by Crippen LogP contribution is 2.39. The topological polar surface area (TPSA) is 100 Å². The third kappa shape index (κ3) is 4.87. The van der Waals surface area contributed by atoms with Gasteiger partial charge in [0.15, 0.2) is 11.5 Å². The Morgan fingerprint density at radius 3 is 2.39 bits per heavy atom. The normalized spacial score (nSPS) is 19.8. The summed E-state index contributed by atoms with van der Waals surface area (Å²) in [5.74, 6) is 2.06. The van der Waals surface area contributed by atoms with E-state index in [1.807, 2.05) is 49.9 Å². The molecule has 2 aromatic carbocycles. The number of oxazole rings is 1. The molecule has 0 spiro atoms. The van der Waals surface area contributed by atoms with Crippen LogP contribution in [0.1, 0.15) is 27.2 Å². The van der Waals surface area contributed by atoms with Gasteiger partial charge in [0.05, 0.1) is 23.7 Å². The van der Waals surface area contributed by atoms with E-state index < -0.39 is 9.84 Å². The van der Waals surface area contributed by atoms with E-state index in [9.17, 15) is 8.42 Å². The first-order valence-electron chi connectivity index (χ1n) is 12.1. The van der Waals surface area contributed by atoms with Gasteiger partial charge in [-0.2, -0.15) is 4.98 Å². The van der Waals surface area contributed by atoms with Gasteiger partial charge in [-0.15, -0.1) is 0 Å². The van der Waals surface area contributed by atoms with Gasteiger partial charge in [-0.05, 0) is 56.7 Å². The summed E-state index contributed by atoms with van der Waals surface area (Å²) in [6.45, 7) is 8.29. The van der Waals surface area contributed by atoms with Gasteiger partial charge in [-0.1, -0.05) is 6.92 Å². The fourth-order valence-electron chi connectivity index (χ4n) is 4.36. The molecule has 0 N–H and O–H groups in total. The van der Waals surface area contributed by atoms with Gasteiger partial charge in [-0.25, -0.2) is 8.42 Å². The second kappa shape index (κ2) is 10.0. The van der Waals surface area contributed by atoms with E-state index >= 15 is 0 Å². The van der Waals surface area contributed by atoms with E-state index in [1.165, 1.54) is 12.1 Å². The van der Waals surface area contributed by atoms with Gasteiger partial charge < -0.3 is 28.3 Å². The molecule has 1 saturated heterocycles. The molecule has 9 nitrogen and oxygen atoms in total. The summed E-state index contributed by atoms with van der Waals surface area (Å²) in [5, 5.41) is -0.137. The fourth-order valence-corrected chi connectivity index (χ4v) is 5.69. The van der Waals surface area contributed by atoms with Gasteiger partial charge in [0.25, 0.3) is 0 Å². The highest BCUT2D eigenvalue weighted by Gasteiger charge is 2.35. The predicted molar refractivity (Wildman–Crippen MR) is 133 cm³/mol. The number of hydrogen-bond acceptors (Lipinski definition) is 9. The summed E-state index contributed by atoms with van der Waals surface area (Å²) in [6.07, 6.45) is 0.715. The molecule has 2 aliphatic rings. The van der Waals surface area contributed by atoms with Crippen molar-refractivity contribution in [2.24, 2.45) is 0 Å². The molecule has 3 aromatic rings. The quantitative estimate of drug-likeness (QED) is 0.455. The number of sulfone groups is 1. The number of benzene rings is 2. The number of fused-ring (bicyclic) bond motifs is 1. The second-order valence-electron chi connectivity index (χ2n) is 8.97. The van der Waals surface area contributed by atoms with Crippen molar-refractivity contribution in [1.82, 2.24) is 4.98 Å². The summed E-state index contributed by atoms with van der Waals surface area (Å²) < 4.78 is 56.6. The van der Waals surface area contributed by atoms with Crippen molar-refractivity contribution in [3.63, 3.8) is 0 Å². The molecule has 3 heterocycles. The molecule has 0 aliphatic carbocycles. The Kier molecular flexibility index (Phi) is 6.81. The van der Waals surface area contributed by atoms with Crippen molar-refractivity contribution in [3.8, 4) is 28.7 Å². The number of hydrogen-bond donors (Lipinski definition) is 0. The van der Waals surface area contributed by atoms with Crippen LogP contribution in [0.3, 0.4) is 0 Å². The van der Waals surface area contributed by atoms with Crippen LogP contribution in [0.4, 0.5) is 5.88 Å². The average Bonchev–Trinajstić information content (AvgIpc) is 3.33. The zero-order valence-corrected chi connectivity index (χ0v) is 21.4. The monoisotopic (exact) mass is 514 g/mol. The van der Waals surface area contributed by atoms with E-state index in [4.69, 9.17) is 23.4 Å². The standard InChI is InChI=1S/C26H30N2O7S/c1-4-11-31-20-7-5-19(6-8-20)24-27-25(26(35-24)28-15-17(2)34-18(3)16-28)36(29,30)21-9-10-22-23(14-21)33-13-12-32-22/h5-10,14,17-18H,4,11-13,15-16H2,1-3H3. The van der Waals surface area contributed by atoms with E-state index in [2.05, 4.69) is 4.98 Å². The third-order valence-corrected chi connectivity index (χ3v) is 7.59. The van der Waals surface area contributed by atoms with Crippen LogP contribution in [0.5, 0.6) is 17.2 Å². The van der Waals surface area contributed by atoms with Crippen molar-refractivity contribution in [3.05, 3.63) is 42.5 Å². The Labute approximate surface area is 210 Å². The zero-order valence-electron chi connectivity index (χ0n) is 20.6. The van der Waals surface area contributed by atoms with Crippen LogP contribution in [0.15, 0.2) is 56.8 Å². The lowest BCUT2D eigenvalue weighted by atomic mass is 10.2. The summed E-state index contributed by atoms with van der Waals surface area (Å²) in [6, 6.07) is 11.9. The number of nitrogens with zero attached hydrogens (tertiary/aromatic N) is 2. The maximum Gasteiger partial charge on any atom is 0.236 e. The lowest BCUT2D eigenvalue weighted by molar-refractivity contribution is -0.00657. The van der Waals surface area contributed by atoms with Gasteiger partial charge in [-0.3, -0.25) is 0 Å². The molecule has 0 bridgehead atoms. The minimum atomic E-state index is -4.04. The number of rotatable bonds is 7. The average molecular weight is 515 g/mol. The summed E-state index contributed by atoms with van der Waals surface area (Å²) in [7, 11) is -4.04. The molecule has 2 atom stereocenters. The number of anilines is 1. The van der Waals surface area contributed by atoms with Gasteiger partial charge in [0, 0.05) is 24.7 Å². The van der Waals surface area contributed by atoms with Crippen LogP contribution in [0, 0.1) is 0 Å². The molecule has 10 heteroatoms. The molecule has 2 aliphatic heterocycles. The maximum absolute atomic E-state index is 13.9. The molecule has 0 amide bonds. The molecular formula is C26H30N2O7S. The van der Waals surface area contributed by atoms with Crippen molar-refractivity contribution >= 4 is 15.7 Å². The molecular weight excluding hydrogens is 484 g/mol. The lowest BCUT2D eigenvalue weighted by Crippen LogP contribution is -2.45. The largest absolute Gasteiger partial charge is 0.494 e. The first-order valence-corrected chi connectivity index (χ1v) is 13.6. The fraction of sp³-hybridized carbons (Fsp3) is 0.423. The third-order valence-electron chi connectivity index (χ3n) is 5.94. The first-order chi connectivity index (χ1) is 17.3. The minimum Gasteiger partial charge on any atom is -0.494 e. The summed E-state index contributed by atoms with van der Waals surface area (Å²) in [4.78, 5) is 6.46. The minimum absolute atomic E-state index is 0.0607. The van der Waals surface area contributed by atoms with Crippen molar-refractivity contribution < 1.29 is 31.8 Å². The molecule has 1 fully saturated rings. The number of morpholine rings is 1. The Hall–Kier alpha value is -3.24. The van der Waals surface area contributed by atoms with Crippen molar-refractivity contribution in [2.75, 3.05) is 37.8 Å². The Morgan fingerprint density at radius 1 is 1.00 bits per heavy atom. The van der Waals surface area contributed by atoms with Crippen molar-refractivity contribution in [1.29, 1.82) is 0 Å². The van der Waals surface area contributed by atoms with Gasteiger partial charge in [0.2, 0.25) is 26.6 Å². The molecule has 1 aromatic heterocycles. The zero-order chi connectivity index (χ0) is 25.3. The number of aromatic nitrogens is 1. The lowest BCUT2D eigenvalue weighted by Gasteiger charge is -2.35. The molecule has 0 saturated carbocycles. The van der Waals surface area contributed by atoms with Crippen LogP contribution in [-0.2, 0) is 14.6 Å². The molecule has 192 valence electrons. The Bertz CT molecular complexity index is 1310. The highest BCUT2D eigenvalue weighted by molar-refractivity contribution is 7.91.